The number of rotatable bonds is 9. The summed E-state index contributed by atoms with van der Waals surface area (Å²) < 4.78 is 0. The van der Waals surface area contributed by atoms with Crippen LogP contribution in [0.15, 0.2) is 24.3 Å². The zero-order valence-electron chi connectivity index (χ0n) is 13.2. The van der Waals surface area contributed by atoms with Crippen molar-refractivity contribution in [2.75, 3.05) is 6.54 Å². The van der Waals surface area contributed by atoms with E-state index in [0.717, 1.165) is 18.5 Å². The molecule has 0 radical (unpaired) electrons. The van der Waals surface area contributed by atoms with Gasteiger partial charge in [-0.25, -0.2) is 0 Å². The topological polar surface area (TPSA) is 29.1 Å². The number of amides is 1. The van der Waals surface area contributed by atoms with Gasteiger partial charge in [-0.05, 0) is 30.0 Å². The molecule has 112 valence electrons. The number of hydrogen-bond donors (Lipinski definition) is 1. The molecule has 1 aromatic rings. The molecule has 0 aliphatic heterocycles. The van der Waals surface area contributed by atoms with Gasteiger partial charge in [-0.1, -0.05) is 65.0 Å². The molecule has 0 saturated heterocycles. The van der Waals surface area contributed by atoms with Crippen molar-refractivity contribution in [1.82, 2.24) is 5.32 Å². The Morgan fingerprint density at radius 1 is 1.00 bits per heavy atom. The lowest BCUT2D eigenvalue weighted by Crippen LogP contribution is -2.24. The summed E-state index contributed by atoms with van der Waals surface area (Å²) in [6.45, 7) is 7.34. The second-order valence-electron chi connectivity index (χ2n) is 5.80. The Balaban J connectivity index is 2.22. The van der Waals surface area contributed by atoms with E-state index >= 15 is 0 Å². The van der Waals surface area contributed by atoms with Crippen molar-refractivity contribution in [3.05, 3.63) is 35.4 Å². The number of benzene rings is 1. The number of hydrogen-bond acceptors (Lipinski definition) is 1. The highest BCUT2D eigenvalue weighted by Gasteiger charge is 2.05. The molecule has 1 N–H and O–H groups in total. The van der Waals surface area contributed by atoms with Gasteiger partial charge in [-0.15, -0.1) is 0 Å². The fourth-order valence-electron chi connectivity index (χ4n) is 2.23. The largest absolute Gasteiger partial charge is 0.352 e. The van der Waals surface area contributed by atoms with Gasteiger partial charge >= 0.3 is 0 Å². The SMILES string of the molecule is CCCCCCCCNC(=O)c1ccc(C(C)C)cc1. The van der Waals surface area contributed by atoms with Crippen LogP contribution >= 0.6 is 0 Å². The molecule has 0 fully saturated rings. The molecule has 0 saturated carbocycles. The van der Waals surface area contributed by atoms with Crippen LogP contribution < -0.4 is 5.32 Å². The third-order valence-corrected chi connectivity index (χ3v) is 3.66. The minimum Gasteiger partial charge on any atom is -0.352 e. The lowest BCUT2D eigenvalue weighted by Gasteiger charge is -2.08. The number of unbranched alkanes of at least 4 members (excludes halogenated alkanes) is 5. The van der Waals surface area contributed by atoms with Gasteiger partial charge in [0.2, 0.25) is 0 Å². The summed E-state index contributed by atoms with van der Waals surface area (Å²) in [6.07, 6.45) is 7.51. The van der Waals surface area contributed by atoms with E-state index in [1.165, 1.54) is 37.7 Å². The lowest BCUT2D eigenvalue weighted by atomic mass is 10.0. The molecule has 1 amide bonds. The van der Waals surface area contributed by atoms with Crippen molar-refractivity contribution in [3.8, 4) is 0 Å². The molecule has 0 aliphatic carbocycles. The molecule has 2 nitrogen and oxygen atoms in total. The van der Waals surface area contributed by atoms with Gasteiger partial charge in [0, 0.05) is 12.1 Å². The first-order valence-corrected chi connectivity index (χ1v) is 8.03. The Hall–Kier alpha value is -1.31. The van der Waals surface area contributed by atoms with Gasteiger partial charge in [0.05, 0.1) is 0 Å². The molecule has 1 aromatic carbocycles. The predicted octanol–water partition coefficient (Wildman–Crippen LogP) is 4.90. The quantitative estimate of drug-likeness (QED) is 0.638. The Morgan fingerprint density at radius 3 is 2.20 bits per heavy atom. The lowest BCUT2D eigenvalue weighted by molar-refractivity contribution is 0.0953. The van der Waals surface area contributed by atoms with E-state index in [2.05, 4.69) is 26.1 Å². The Kier molecular flexibility index (Phi) is 8.01. The molecule has 0 atom stereocenters. The molecule has 0 bridgehead atoms. The maximum absolute atomic E-state index is 11.9. The van der Waals surface area contributed by atoms with Gasteiger partial charge in [0.1, 0.15) is 0 Å². The molecular formula is C18H29NO. The fraction of sp³-hybridized carbons (Fsp3) is 0.611. The van der Waals surface area contributed by atoms with E-state index in [0.29, 0.717) is 5.92 Å². The van der Waals surface area contributed by atoms with E-state index < -0.39 is 0 Å². The number of nitrogens with one attached hydrogen (secondary N) is 1. The fourth-order valence-corrected chi connectivity index (χ4v) is 2.23. The summed E-state index contributed by atoms with van der Waals surface area (Å²) in [5.41, 5.74) is 2.04. The third kappa shape index (κ3) is 6.23. The van der Waals surface area contributed by atoms with Crippen LogP contribution in [0.25, 0.3) is 0 Å². The molecule has 0 heterocycles. The molecule has 20 heavy (non-hydrogen) atoms. The summed E-state index contributed by atoms with van der Waals surface area (Å²) in [5, 5.41) is 3.00. The summed E-state index contributed by atoms with van der Waals surface area (Å²) in [7, 11) is 0. The number of carbonyl (C=O) groups excluding carboxylic acids is 1. The van der Waals surface area contributed by atoms with Crippen molar-refractivity contribution in [2.24, 2.45) is 0 Å². The third-order valence-electron chi connectivity index (χ3n) is 3.66. The second kappa shape index (κ2) is 9.57. The Labute approximate surface area is 124 Å². The molecular weight excluding hydrogens is 246 g/mol. The van der Waals surface area contributed by atoms with Crippen LogP contribution in [-0.2, 0) is 0 Å². The maximum atomic E-state index is 11.9. The van der Waals surface area contributed by atoms with Crippen LogP contribution in [-0.4, -0.2) is 12.5 Å². The summed E-state index contributed by atoms with van der Waals surface area (Å²) in [5.74, 6) is 0.559. The van der Waals surface area contributed by atoms with E-state index in [4.69, 9.17) is 0 Å². The van der Waals surface area contributed by atoms with E-state index in [-0.39, 0.29) is 5.91 Å². The van der Waals surface area contributed by atoms with Crippen molar-refractivity contribution in [2.45, 2.75) is 65.2 Å². The average Bonchev–Trinajstić information content (AvgIpc) is 2.46. The highest BCUT2D eigenvalue weighted by Crippen LogP contribution is 2.14. The monoisotopic (exact) mass is 275 g/mol. The van der Waals surface area contributed by atoms with Crippen LogP contribution in [0.2, 0.25) is 0 Å². The second-order valence-corrected chi connectivity index (χ2v) is 5.80. The first-order valence-electron chi connectivity index (χ1n) is 8.03. The first-order chi connectivity index (χ1) is 9.65. The van der Waals surface area contributed by atoms with Gasteiger partial charge < -0.3 is 5.32 Å². The van der Waals surface area contributed by atoms with E-state index in [1.807, 2.05) is 24.3 Å². The smallest absolute Gasteiger partial charge is 0.251 e. The number of carbonyl (C=O) groups is 1. The summed E-state index contributed by atoms with van der Waals surface area (Å²) in [4.78, 5) is 11.9. The molecule has 0 aromatic heterocycles. The standard InChI is InChI=1S/C18H29NO/c1-4-5-6-7-8-9-14-19-18(20)17-12-10-16(11-13-17)15(2)3/h10-13,15H,4-9,14H2,1-3H3,(H,19,20). The van der Waals surface area contributed by atoms with Crippen molar-refractivity contribution >= 4 is 5.91 Å². The maximum Gasteiger partial charge on any atom is 0.251 e. The molecule has 0 aliphatic rings. The highest BCUT2D eigenvalue weighted by atomic mass is 16.1. The van der Waals surface area contributed by atoms with Crippen molar-refractivity contribution < 1.29 is 4.79 Å². The zero-order chi connectivity index (χ0) is 14.8. The van der Waals surface area contributed by atoms with Gasteiger partial charge in [-0.3, -0.25) is 4.79 Å². The predicted molar refractivity (Wildman–Crippen MR) is 86.2 cm³/mol. The molecule has 1 rings (SSSR count). The van der Waals surface area contributed by atoms with Crippen LogP contribution in [0.1, 0.15) is 81.1 Å². The minimum absolute atomic E-state index is 0.0499. The van der Waals surface area contributed by atoms with Crippen molar-refractivity contribution in [1.29, 1.82) is 0 Å². The Morgan fingerprint density at radius 2 is 1.60 bits per heavy atom. The Bertz CT molecular complexity index is 381. The average molecular weight is 275 g/mol. The van der Waals surface area contributed by atoms with Crippen molar-refractivity contribution in [3.63, 3.8) is 0 Å². The normalized spacial score (nSPS) is 10.8. The molecule has 0 spiro atoms. The van der Waals surface area contributed by atoms with Crippen LogP contribution in [0.3, 0.4) is 0 Å². The zero-order valence-corrected chi connectivity index (χ0v) is 13.2. The van der Waals surface area contributed by atoms with Gasteiger partial charge in [-0.2, -0.15) is 0 Å². The van der Waals surface area contributed by atoms with Gasteiger partial charge in [0.15, 0.2) is 0 Å². The minimum atomic E-state index is 0.0499. The summed E-state index contributed by atoms with van der Waals surface area (Å²) >= 11 is 0. The highest BCUT2D eigenvalue weighted by molar-refractivity contribution is 5.94. The molecule has 0 unspecified atom stereocenters. The molecule has 2 heteroatoms. The van der Waals surface area contributed by atoms with Crippen LogP contribution in [0.4, 0.5) is 0 Å². The summed E-state index contributed by atoms with van der Waals surface area (Å²) in [6, 6.07) is 7.94. The van der Waals surface area contributed by atoms with E-state index in [9.17, 15) is 4.79 Å². The van der Waals surface area contributed by atoms with Gasteiger partial charge in [0.25, 0.3) is 5.91 Å². The van der Waals surface area contributed by atoms with Crippen LogP contribution in [0, 0.1) is 0 Å². The van der Waals surface area contributed by atoms with Crippen LogP contribution in [0.5, 0.6) is 0 Å². The first kappa shape index (κ1) is 16.7. The van der Waals surface area contributed by atoms with E-state index in [1.54, 1.807) is 0 Å².